The van der Waals surface area contributed by atoms with E-state index in [2.05, 4.69) is 40.1 Å². The summed E-state index contributed by atoms with van der Waals surface area (Å²) in [5.74, 6) is 0. The van der Waals surface area contributed by atoms with Gasteiger partial charge in [-0.25, -0.2) is 0 Å². The topological polar surface area (TPSA) is 31.4 Å². The predicted molar refractivity (Wildman–Crippen MR) is 83.7 cm³/mol. The van der Waals surface area contributed by atoms with E-state index >= 15 is 0 Å². The normalized spacial score (nSPS) is 17.8. The maximum atomic E-state index is 4.13. The van der Waals surface area contributed by atoms with Crippen LogP contribution in [0.25, 0.3) is 0 Å². The Labute approximate surface area is 123 Å². The minimum atomic E-state index is 0.762. The third kappa shape index (κ3) is 4.85. The summed E-state index contributed by atoms with van der Waals surface area (Å²) in [6.45, 7) is 9.05. The van der Waals surface area contributed by atoms with Crippen molar-refractivity contribution in [1.29, 1.82) is 0 Å². The first kappa shape index (κ1) is 15.4. The van der Waals surface area contributed by atoms with Crippen LogP contribution in [0.4, 0.5) is 0 Å². The van der Waals surface area contributed by atoms with Gasteiger partial charge in [0.05, 0.1) is 0 Å². The lowest BCUT2D eigenvalue weighted by Gasteiger charge is -2.36. The Morgan fingerprint density at radius 1 is 1.40 bits per heavy atom. The fraction of sp³-hybridized carbons (Fsp3) is 0.688. The summed E-state index contributed by atoms with van der Waals surface area (Å²) < 4.78 is 0. The number of hydrogen-bond acceptors (Lipinski definition) is 4. The van der Waals surface area contributed by atoms with E-state index in [1.165, 1.54) is 38.0 Å². The van der Waals surface area contributed by atoms with Crippen LogP contribution in [0.3, 0.4) is 0 Å². The van der Waals surface area contributed by atoms with E-state index in [-0.39, 0.29) is 0 Å². The molecule has 1 saturated heterocycles. The van der Waals surface area contributed by atoms with Gasteiger partial charge in [-0.05, 0) is 51.2 Å². The average Bonchev–Trinajstić information content (AvgIpc) is 2.52. The first-order valence-electron chi connectivity index (χ1n) is 7.82. The fourth-order valence-corrected chi connectivity index (χ4v) is 2.85. The highest BCUT2D eigenvalue weighted by Crippen LogP contribution is 2.14. The molecule has 20 heavy (non-hydrogen) atoms. The predicted octanol–water partition coefficient (Wildman–Crippen LogP) is 1.59. The van der Waals surface area contributed by atoms with E-state index in [4.69, 9.17) is 0 Å². The molecule has 0 aromatic carbocycles. The van der Waals surface area contributed by atoms with Crippen molar-refractivity contribution < 1.29 is 0 Å². The number of piperidine rings is 1. The molecular weight excluding hydrogens is 248 g/mol. The molecule has 1 aliphatic heterocycles. The SMILES string of the molecule is CCN1CCC(N(C)CCNCc2cccnc2)CC1. The Bertz CT molecular complexity index is 360. The Balaban J connectivity index is 1.59. The molecule has 0 spiro atoms. The van der Waals surface area contributed by atoms with Crippen LogP contribution in [0.15, 0.2) is 24.5 Å². The van der Waals surface area contributed by atoms with Crippen LogP contribution in [0.1, 0.15) is 25.3 Å². The molecule has 0 aliphatic carbocycles. The van der Waals surface area contributed by atoms with E-state index in [0.29, 0.717) is 0 Å². The highest BCUT2D eigenvalue weighted by Gasteiger charge is 2.20. The molecule has 4 heteroatoms. The quantitative estimate of drug-likeness (QED) is 0.766. The molecule has 1 aromatic rings. The zero-order valence-electron chi connectivity index (χ0n) is 12.9. The maximum absolute atomic E-state index is 4.13. The maximum Gasteiger partial charge on any atom is 0.0312 e. The Hall–Kier alpha value is -0.970. The lowest BCUT2D eigenvalue weighted by atomic mass is 10.0. The third-order valence-corrected chi connectivity index (χ3v) is 4.32. The average molecular weight is 276 g/mol. The van der Waals surface area contributed by atoms with Crippen LogP contribution in [-0.2, 0) is 6.54 Å². The van der Waals surface area contributed by atoms with Crippen molar-refractivity contribution in [3.63, 3.8) is 0 Å². The zero-order valence-corrected chi connectivity index (χ0v) is 12.9. The van der Waals surface area contributed by atoms with Crippen molar-refractivity contribution in [2.75, 3.05) is 39.8 Å². The standard InChI is InChI=1S/C16H28N4/c1-3-20-10-6-16(7-11-20)19(2)12-9-18-14-15-5-4-8-17-13-15/h4-5,8,13,16,18H,3,6-7,9-12,14H2,1-2H3. The van der Waals surface area contributed by atoms with Gasteiger partial charge in [0.25, 0.3) is 0 Å². The summed E-state index contributed by atoms with van der Waals surface area (Å²) in [7, 11) is 2.26. The first-order valence-corrected chi connectivity index (χ1v) is 7.82. The lowest BCUT2D eigenvalue weighted by Crippen LogP contribution is -2.44. The molecule has 112 valence electrons. The monoisotopic (exact) mass is 276 g/mol. The fourth-order valence-electron chi connectivity index (χ4n) is 2.85. The van der Waals surface area contributed by atoms with Gasteiger partial charge in [0, 0.05) is 38.1 Å². The van der Waals surface area contributed by atoms with Gasteiger partial charge in [0.15, 0.2) is 0 Å². The van der Waals surface area contributed by atoms with E-state index in [0.717, 1.165) is 25.7 Å². The van der Waals surface area contributed by atoms with Gasteiger partial charge in [-0.15, -0.1) is 0 Å². The molecule has 1 aliphatic rings. The number of rotatable bonds is 7. The van der Waals surface area contributed by atoms with Gasteiger partial charge >= 0.3 is 0 Å². The molecule has 1 N–H and O–H groups in total. The van der Waals surface area contributed by atoms with Crippen LogP contribution in [0.2, 0.25) is 0 Å². The molecule has 2 rings (SSSR count). The first-order chi connectivity index (χ1) is 9.79. The van der Waals surface area contributed by atoms with Gasteiger partial charge in [0.2, 0.25) is 0 Å². The third-order valence-electron chi connectivity index (χ3n) is 4.32. The van der Waals surface area contributed by atoms with Gasteiger partial charge < -0.3 is 15.1 Å². The minimum absolute atomic E-state index is 0.762. The van der Waals surface area contributed by atoms with Gasteiger partial charge in [-0.1, -0.05) is 13.0 Å². The van der Waals surface area contributed by atoms with Crippen molar-refractivity contribution in [2.24, 2.45) is 0 Å². The highest BCUT2D eigenvalue weighted by molar-refractivity contribution is 5.07. The lowest BCUT2D eigenvalue weighted by molar-refractivity contribution is 0.132. The molecule has 0 unspecified atom stereocenters. The molecule has 1 fully saturated rings. The molecular formula is C16H28N4. The van der Waals surface area contributed by atoms with Crippen molar-refractivity contribution in [2.45, 2.75) is 32.4 Å². The summed E-state index contributed by atoms with van der Waals surface area (Å²) in [6, 6.07) is 4.87. The van der Waals surface area contributed by atoms with Gasteiger partial charge in [0.1, 0.15) is 0 Å². The largest absolute Gasteiger partial charge is 0.311 e. The van der Waals surface area contributed by atoms with Crippen molar-refractivity contribution in [3.8, 4) is 0 Å². The second-order valence-corrected chi connectivity index (χ2v) is 5.68. The molecule has 0 atom stereocenters. The zero-order chi connectivity index (χ0) is 14.2. The number of likely N-dealkylation sites (N-methyl/N-ethyl adjacent to an activating group) is 1. The van der Waals surface area contributed by atoms with Crippen molar-refractivity contribution in [3.05, 3.63) is 30.1 Å². The summed E-state index contributed by atoms with van der Waals surface area (Å²) in [6.07, 6.45) is 6.37. The summed E-state index contributed by atoms with van der Waals surface area (Å²) in [4.78, 5) is 9.20. The van der Waals surface area contributed by atoms with E-state index in [1.54, 1.807) is 0 Å². The van der Waals surface area contributed by atoms with Crippen LogP contribution >= 0.6 is 0 Å². The number of nitrogens with zero attached hydrogens (tertiary/aromatic N) is 3. The Morgan fingerprint density at radius 2 is 2.20 bits per heavy atom. The molecule has 2 heterocycles. The molecule has 1 aromatic heterocycles. The molecule has 0 saturated carbocycles. The second kappa shape index (κ2) is 8.35. The molecule has 0 bridgehead atoms. The van der Waals surface area contributed by atoms with E-state index < -0.39 is 0 Å². The van der Waals surface area contributed by atoms with Crippen LogP contribution in [0.5, 0.6) is 0 Å². The van der Waals surface area contributed by atoms with Gasteiger partial charge in [-0.3, -0.25) is 4.98 Å². The van der Waals surface area contributed by atoms with Crippen molar-refractivity contribution in [1.82, 2.24) is 20.1 Å². The molecule has 0 radical (unpaired) electrons. The number of hydrogen-bond donors (Lipinski definition) is 1. The molecule has 0 amide bonds. The van der Waals surface area contributed by atoms with E-state index in [9.17, 15) is 0 Å². The van der Waals surface area contributed by atoms with Crippen LogP contribution in [-0.4, -0.2) is 60.6 Å². The molecule has 4 nitrogen and oxygen atoms in total. The number of likely N-dealkylation sites (tertiary alicyclic amines) is 1. The minimum Gasteiger partial charge on any atom is -0.311 e. The number of aromatic nitrogens is 1. The second-order valence-electron chi connectivity index (χ2n) is 5.68. The summed E-state index contributed by atoms with van der Waals surface area (Å²) in [5, 5.41) is 3.50. The van der Waals surface area contributed by atoms with Gasteiger partial charge in [-0.2, -0.15) is 0 Å². The number of nitrogens with one attached hydrogen (secondary N) is 1. The smallest absolute Gasteiger partial charge is 0.0312 e. The van der Waals surface area contributed by atoms with Crippen LogP contribution in [0, 0.1) is 0 Å². The summed E-state index contributed by atoms with van der Waals surface area (Å²) in [5.41, 5.74) is 1.26. The summed E-state index contributed by atoms with van der Waals surface area (Å²) >= 11 is 0. The van der Waals surface area contributed by atoms with Crippen molar-refractivity contribution >= 4 is 0 Å². The Morgan fingerprint density at radius 3 is 2.85 bits per heavy atom. The Kier molecular flexibility index (Phi) is 6.43. The van der Waals surface area contributed by atoms with E-state index in [1.807, 2.05) is 18.5 Å². The number of pyridine rings is 1. The van der Waals surface area contributed by atoms with Crippen LogP contribution < -0.4 is 5.32 Å². The highest BCUT2D eigenvalue weighted by atomic mass is 15.2.